The van der Waals surface area contributed by atoms with Crippen molar-refractivity contribution in [1.29, 1.82) is 0 Å². The summed E-state index contributed by atoms with van der Waals surface area (Å²) in [5.74, 6) is -1.46. The average molecular weight is 231 g/mol. The lowest BCUT2D eigenvalue weighted by Crippen LogP contribution is -2.44. The summed E-state index contributed by atoms with van der Waals surface area (Å²) in [6.45, 7) is 1.75. The van der Waals surface area contributed by atoms with E-state index < -0.39 is 18.0 Å². The van der Waals surface area contributed by atoms with Crippen molar-refractivity contribution >= 4 is 17.9 Å². The van der Waals surface area contributed by atoms with Gasteiger partial charge >= 0.3 is 12.0 Å². The normalized spacial score (nSPS) is 11.6. The van der Waals surface area contributed by atoms with Gasteiger partial charge in [0.25, 0.3) is 0 Å². The molecule has 0 spiro atoms. The van der Waals surface area contributed by atoms with E-state index in [-0.39, 0.29) is 12.3 Å². The Kier molecular flexibility index (Phi) is 6.66. The lowest BCUT2D eigenvalue weighted by atomic mass is 10.2. The molecule has 1 atom stereocenters. The second kappa shape index (κ2) is 7.49. The summed E-state index contributed by atoms with van der Waals surface area (Å²) in [7, 11) is 0. The van der Waals surface area contributed by atoms with Gasteiger partial charge < -0.3 is 21.5 Å². The van der Waals surface area contributed by atoms with Gasteiger partial charge in [-0.2, -0.15) is 0 Å². The predicted octanol–water partition coefficient (Wildman–Crippen LogP) is -0.586. The van der Waals surface area contributed by atoms with Gasteiger partial charge in [0.1, 0.15) is 6.04 Å². The van der Waals surface area contributed by atoms with Crippen molar-refractivity contribution in [2.24, 2.45) is 5.73 Å². The minimum absolute atomic E-state index is 0.287. The van der Waals surface area contributed by atoms with Crippen molar-refractivity contribution in [2.45, 2.75) is 32.2 Å². The van der Waals surface area contributed by atoms with Crippen LogP contribution in [0.25, 0.3) is 0 Å². The minimum atomic E-state index is -1.09. The summed E-state index contributed by atoms with van der Waals surface area (Å²) in [5.41, 5.74) is 4.93. The summed E-state index contributed by atoms with van der Waals surface area (Å²) in [4.78, 5) is 31.8. The summed E-state index contributed by atoms with van der Waals surface area (Å²) < 4.78 is 0. The topological polar surface area (TPSA) is 122 Å². The number of carbonyl (C=O) groups excluding carboxylic acids is 2. The third-order valence-corrected chi connectivity index (χ3v) is 1.85. The molecule has 0 saturated carbocycles. The lowest BCUT2D eigenvalue weighted by molar-refractivity contribution is -0.138. The fourth-order valence-corrected chi connectivity index (χ4v) is 0.936. The van der Waals surface area contributed by atoms with Gasteiger partial charge in [-0.15, -0.1) is 0 Å². The standard InChI is InChI=1S/C9H17N3O4/c1-6(8(14)15)12-9(16)11-5-3-2-4-7(10)13/h6H,2-5H2,1H3,(H2,10,13)(H,14,15)(H2,11,12,16)/t6-/m1/s1. The monoisotopic (exact) mass is 231 g/mol. The van der Waals surface area contributed by atoms with Crippen LogP contribution in [0.4, 0.5) is 4.79 Å². The quantitative estimate of drug-likeness (QED) is 0.437. The van der Waals surface area contributed by atoms with Gasteiger partial charge in [0, 0.05) is 13.0 Å². The van der Waals surface area contributed by atoms with Crippen molar-refractivity contribution in [3.8, 4) is 0 Å². The number of nitrogens with two attached hydrogens (primary N) is 1. The van der Waals surface area contributed by atoms with Gasteiger partial charge in [-0.25, -0.2) is 4.79 Å². The highest BCUT2D eigenvalue weighted by Gasteiger charge is 2.12. The van der Waals surface area contributed by atoms with Crippen molar-refractivity contribution in [3.63, 3.8) is 0 Å². The molecule has 0 bridgehead atoms. The van der Waals surface area contributed by atoms with E-state index in [1.165, 1.54) is 6.92 Å². The van der Waals surface area contributed by atoms with Gasteiger partial charge in [-0.3, -0.25) is 9.59 Å². The maximum Gasteiger partial charge on any atom is 0.325 e. The van der Waals surface area contributed by atoms with E-state index in [0.29, 0.717) is 19.4 Å². The molecule has 16 heavy (non-hydrogen) atoms. The fourth-order valence-electron chi connectivity index (χ4n) is 0.936. The van der Waals surface area contributed by atoms with E-state index in [1.807, 2.05) is 0 Å². The van der Waals surface area contributed by atoms with Crippen LogP contribution in [0.1, 0.15) is 26.2 Å². The molecule has 0 radical (unpaired) electrons. The van der Waals surface area contributed by atoms with Gasteiger partial charge in [0.15, 0.2) is 0 Å². The molecule has 0 aromatic heterocycles. The molecule has 0 rings (SSSR count). The third kappa shape index (κ3) is 7.60. The first kappa shape index (κ1) is 14.2. The Balaban J connectivity index is 3.51. The second-order valence-electron chi connectivity index (χ2n) is 3.38. The van der Waals surface area contributed by atoms with Crippen LogP contribution in [-0.4, -0.2) is 35.6 Å². The highest BCUT2D eigenvalue weighted by atomic mass is 16.4. The summed E-state index contributed by atoms with van der Waals surface area (Å²) in [6, 6.07) is -1.46. The number of hydrogen-bond donors (Lipinski definition) is 4. The van der Waals surface area contributed by atoms with E-state index in [4.69, 9.17) is 10.8 Å². The summed E-state index contributed by atoms with van der Waals surface area (Å²) in [5, 5.41) is 13.2. The van der Waals surface area contributed by atoms with E-state index in [1.54, 1.807) is 0 Å². The third-order valence-electron chi connectivity index (χ3n) is 1.85. The van der Waals surface area contributed by atoms with Crippen molar-refractivity contribution in [3.05, 3.63) is 0 Å². The number of primary amides is 1. The van der Waals surface area contributed by atoms with Crippen LogP contribution in [0.15, 0.2) is 0 Å². The first-order valence-corrected chi connectivity index (χ1v) is 4.99. The Morgan fingerprint density at radius 2 is 1.94 bits per heavy atom. The molecule has 0 aliphatic heterocycles. The van der Waals surface area contributed by atoms with E-state index in [0.717, 1.165) is 0 Å². The van der Waals surface area contributed by atoms with Gasteiger partial charge in [0.2, 0.25) is 5.91 Å². The number of carboxylic acids is 1. The lowest BCUT2D eigenvalue weighted by Gasteiger charge is -2.10. The number of aliphatic carboxylic acids is 1. The predicted molar refractivity (Wildman–Crippen MR) is 56.7 cm³/mol. The largest absolute Gasteiger partial charge is 0.480 e. The molecule has 0 aromatic carbocycles. The first-order valence-electron chi connectivity index (χ1n) is 4.99. The maximum atomic E-state index is 11.1. The molecule has 0 aliphatic rings. The Hall–Kier alpha value is -1.79. The van der Waals surface area contributed by atoms with Crippen LogP contribution in [0.3, 0.4) is 0 Å². The van der Waals surface area contributed by atoms with Crippen LogP contribution in [0.2, 0.25) is 0 Å². The molecule has 0 unspecified atom stereocenters. The molecular weight excluding hydrogens is 214 g/mol. The van der Waals surface area contributed by atoms with Crippen LogP contribution in [0.5, 0.6) is 0 Å². The smallest absolute Gasteiger partial charge is 0.325 e. The van der Waals surface area contributed by atoms with Crippen LogP contribution in [0, 0.1) is 0 Å². The molecule has 0 aliphatic carbocycles. The molecule has 0 fully saturated rings. The highest BCUT2D eigenvalue weighted by molar-refractivity contribution is 5.82. The zero-order chi connectivity index (χ0) is 12.6. The zero-order valence-electron chi connectivity index (χ0n) is 9.16. The molecule has 92 valence electrons. The SMILES string of the molecule is C[C@@H](NC(=O)NCCCCC(N)=O)C(=O)O. The maximum absolute atomic E-state index is 11.1. The molecule has 5 N–H and O–H groups in total. The number of nitrogens with one attached hydrogen (secondary N) is 2. The Labute approximate surface area is 93.4 Å². The van der Waals surface area contributed by atoms with E-state index >= 15 is 0 Å². The number of carbonyl (C=O) groups is 3. The number of unbranched alkanes of at least 4 members (excludes halogenated alkanes) is 1. The minimum Gasteiger partial charge on any atom is -0.480 e. The van der Waals surface area contributed by atoms with Gasteiger partial charge in [0.05, 0.1) is 0 Å². The fraction of sp³-hybridized carbons (Fsp3) is 0.667. The molecular formula is C9H17N3O4. The van der Waals surface area contributed by atoms with Gasteiger partial charge in [-0.1, -0.05) is 0 Å². The van der Waals surface area contributed by atoms with Crippen LogP contribution >= 0.6 is 0 Å². The molecule has 7 heteroatoms. The Bertz CT molecular complexity index is 267. The molecule has 0 saturated heterocycles. The summed E-state index contributed by atoms with van der Waals surface area (Å²) in [6.07, 6.45) is 1.51. The van der Waals surface area contributed by atoms with Crippen LogP contribution < -0.4 is 16.4 Å². The van der Waals surface area contributed by atoms with Crippen molar-refractivity contribution in [1.82, 2.24) is 10.6 Å². The first-order chi connectivity index (χ1) is 7.43. The van der Waals surface area contributed by atoms with E-state index in [2.05, 4.69) is 10.6 Å². The number of urea groups is 1. The zero-order valence-corrected chi connectivity index (χ0v) is 9.16. The summed E-state index contributed by atoms with van der Waals surface area (Å²) >= 11 is 0. The Morgan fingerprint density at radius 1 is 1.31 bits per heavy atom. The van der Waals surface area contributed by atoms with Gasteiger partial charge in [-0.05, 0) is 19.8 Å². The number of rotatable bonds is 7. The average Bonchev–Trinajstić information content (AvgIpc) is 2.16. The second-order valence-corrected chi connectivity index (χ2v) is 3.38. The van der Waals surface area contributed by atoms with Crippen molar-refractivity contribution < 1.29 is 19.5 Å². The molecule has 3 amide bonds. The Morgan fingerprint density at radius 3 is 2.44 bits per heavy atom. The number of carboxylic acid groups (broad SMARTS) is 1. The highest BCUT2D eigenvalue weighted by Crippen LogP contribution is 1.92. The van der Waals surface area contributed by atoms with Crippen molar-refractivity contribution in [2.75, 3.05) is 6.54 Å². The number of hydrogen-bond acceptors (Lipinski definition) is 3. The van der Waals surface area contributed by atoms with Crippen LogP contribution in [-0.2, 0) is 9.59 Å². The van der Waals surface area contributed by atoms with E-state index in [9.17, 15) is 14.4 Å². The number of amides is 3. The molecule has 7 nitrogen and oxygen atoms in total. The molecule has 0 heterocycles. The molecule has 0 aromatic rings.